The van der Waals surface area contributed by atoms with E-state index in [1.165, 1.54) is 4.57 Å². The summed E-state index contributed by atoms with van der Waals surface area (Å²) in [6.07, 6.45) is 5.22. The molecular weight excluding hydrogens is 268 g/mol. The molecule has 0 saturated carbocycles. The van der Waals surface area contributed by atoms with Crippen molar-refractivity contribution in [2.24, 2.45) is 6.98 Å². The quantitative estimate of drug-likeness (QED) is 0.409. The fourth-order valence-electron chi connectivity index (χ4n) is 2.97. The van der Waals surface area contributed by atoms with Gasteiger partial charge in [-0.25, -0.2) is 9.13 Å². The van der Waals surface area contributed by atoms with Gasteiger partial charge in [0.25, 0.3) is 5.82 Å². The summed E-state index contributed by atoms with van der Waals surface area (Å²) in [6, 6.07) is 5.74. The maximum absolute atomic E-state index is 8.04. The van der Waals surface area contributed by atoms with Crippen LogP contribution in [-0.4, -0.2) is 14.5 Å². The lowest BCUT2D eigenvalue weighted by Crippen LogP contribution is -2.30. The zero-order chi connectivity index (χ0) is 15.8. The molecule has 4 nitrogen and oxygen atoms in total. The van der Waals surface area contributed by atoms with Crippen LogP contribution in [0.25, 0.3) is 32.0 Å². The van der Waals surface area contributed by atoms with E-state index in [9.17, 15) is 0 Å². The smallest absolute Gasteiger partial charge is 0.264 e. The second-order valence-corrected chi connectivity index (χ2v) is 5.91. The zero-order valence-corrected chi connectivity index (χ0v) is 11.2. The Labute approximate surface area is 123 Å². The molecule has 5 heterocycles. The van der Waals surface area contributed by atoms with E-state index < -0.39 is 6.98 Å². The van der Waals surface area contributed by atoms with E-state index in [1.54, 1.807) is 23.7 Å². The minimum absolute atomic E-state index is 0.644. The van der Waals surface area contributed by atoms with Crippen molar-refractivity contribution in [3.8, 4) is 11.4 Å². The molecule has 0 spiro atoms. The first-order valence-electron chi connectivity index (χ1n) is 7.81. The monoisotopic (exact) mass is 282 g/mol. The van der Waals surface area contributed by atoms with Crippen molar-refractivity contribution in [2.75, 3.05) is 0 Å². The Bertz CT molecular complexity index is 1090. The molecule has 1 aliphatic heterocycles. The third-order valence-corrected chi connectivity index (χ3v) is 4.97. The van der Waals surface area contributed by atoms with Crippen molar-refractivity contribution < 1.29 is 8.68 Å². The van der Waals surface area contributed by atoms with Crippen LogP contribution in [0.1, 0.15) is 9.68 Å². The molecule has 96 valence electrons. The van der Waals surface area contributed by atoms with Gasteiger partial charge < -0.3 is 0 Å². The van der Waals surface area contributed by atoms with Crippen molar-refractivity contribution in [3.05, 3.63) is 42.4 Å². The summed E-state index contributed by atoms with van der Waals surface area (Å²) >= 11 is 1.58. The molecule has 0 N–H and O–H groups in total. The highest BCUT2D eigenvalue weighted by Gasteiger charge is 2.34. The van der Waals surface area contributed by atoms with E-state index >= 15 is 0 Å². The van der Waals surface area contributed by atoms with Crippen molar-refractivity contribution in [2.45, 2.75) is 6.54 Å². The SMILES string of the molecule is [2H]C([2H])([2H])n1c2[n+](c3sc4cccnc4c31)Cc1cnccc1-2. The molecule has 0 radical (unpaired) electrons. The van der Waals surface area contributed by atoms with Crippen LogP contribution in [0.15, 0.2) is 36.8 Å². The van der Waals surface area contributed by atoms with Gasteiger partial charge in [0.05, 0.1) is 21.4 Å². The van der Waals surface area contributed by atoms with E-state index in [4.69, 9.17) is 4.11 Å². The average molecular weight is 282 g/mol. The first-order valence-corrected chi connectivity index (χ1v) is 7.13. The second-order valence-electron chi connectivity index (χ2n) is 4.88. The van der Waals surface area contributed by atoms with E-state index in [1.807, 2.05) is 24.4 Å². The number of fused-ring (bicyclic) bond motifs is 7. The van der Waals surface area contributed by atoms with Crippen LogP contribution in [0.3, 0.4) is 0 Å². The molecule has 0 amide bonds. The number of aromatic nitrogens is 4. The van der Waals surface area contributed by atoms with Crippen LogP contribution in [0.2, 0.25) is 0 Å². The van der Waals surface area contributed by atoms with Crippen molar-refractivity contribution in [3.63, 3.8) is 0 Å². The summed E-state index contributed by atoms with van der Waals surface area (Å²) in [5.74, 6) is 0.719. The summed E-state index contributed by atoms with van der Waals surface area (Å²) in [6.45, 7) is -1.62. The topological polar surface area (TPSA) is 34.6 Å². The Morgan fingerprint density at radius 2 is 2.40 bits per heavy atom. The molecule has 0 bridgehead atoms. The van der Waals surface area contributed by atoms with Gasteiger partial charge in [-0.1, -0.05) is 11.3 Å². The van der Waals surface area contributed by atoms with Gasteiger partial charge in [-0.3, -0.25) is 9.97 Å². The molecule has 4 aromatic rings. The second kappa shape index (κ2) is 3.43. The van der Waals surface area contributed by atoms with Crippen molar-refractivity contribution >= 4 is 31.9 Å². The first-order chi connectivity index (χ1) is 11.1. The molecule has 0 unspecified atom stereocenters. The van der Waals surface area contributed by atoms with E-state index in [0.29, 0.717) is 12.1 Å². The molecule has 20 heavy (non-hydrogen) atoms. The highest BCUT2D eigenvalue weighted by Crippen LogP contribution is 2.36. The first kappa shape index (κ1) is 8.11. The zero-order valence-electron chi connectivity index (χ0n) is 13.4. The molecule has 0 fully saturated rings. The molecule has 0 aliphatic carbocycles. The van der Waals surface area contributed by atoms with Gasteiger partial charge >= 0.3 is 0 Å². The Hall–Kier alpha value is -2.27. The number of hydrogen-bond acceptors (Lipinski definition) is 3. The lowest BCUT2D eigenvalue weighted by Gasteiger charge is -1.94. The van der Waals surface area contributed by atoms with Gasteiger partial charge in [-0.15, -0.1) is 0 Å². The fourth-order valence-corrected chi connectivity index (χ4v) is 4.11. The number of rotatable bonds is 0. The number of nitrogens with zero attached hydrogens (tertiary/aromatic N) is 4. The predicted octanol–water partition coefficient (Wildman–Crippen LogP) is 2.50. The van der Waals surface area contributed by atoms with Gasteiger partial charge in [0.15, 0.2) is 0 Å². The Morgan fingerprint density at radius 3 is 3.35 bits per heavy atom. The lowest BCUT2D eigenvalue weighted by atomic mass is 10.2. The maximum Gasteiger partial charge on any atom is 0.291 e. The summed E-state index contributed by atoms with van der Waals surface area (Å²) in [5.41, 5.74) is 3.43. The maximum atomic E-state index is 8.04. The molecule has 0 aromatic carbocycles. The van der Waals surface area contributed by atoms with Crippen LogP contribution in [-0.2, 0) is 13.5 Å². The Balaban J connectivity index is 2.01. The minimum atomic E-state index is -2.27. The fraction of sp³-hybridized carbons (Fsp3) is 0.133. The van der Waals surface area contributed by atoms with E-state index in [-0.39, 0.29) is 0 Å². The summed E-state index contributed by atoms with van der Waals surface area (Å²) in [4.78, 5) is 9.53. The highest BCUT2D eigenvalue weighted by molar-refractivity contribution is 7.25. The third kappa shape index (κ3) is 1.10. The van der Waals surface area contributed by atoms with E-state index in [0.717, 1.165) is 32.0 Å². The summed E-state index contributed by atoms with van der Waals surface area (Å²) < 4.78 is 28.6. The number of imidazole rings is 1. The third-order valence-electron chi connectivity index (χ3n) is 3.81. The van der Waals surface area contributed by atoms with Crippen LogP contribution in [0.4, 0.5) is 0 Å². The summed E-state index contributed by atoms with van der Waals surface area (Å²) in [5, 5.41) is 0. The van der Waals surface area contributed by atoms with E-state index in [2.05, 4.69) is 14.5 Å². The molecule has 1 aliphatic rings. The van der Waals surface area contributed by atoms with Crippen molar-refractivity contribution in [1.29, 1.82) is 0 Å². The number of hydrogen-bond donors (Lipinski definition) is 0. The van der Waals surface area contributed by atoms with Crippen LogP contribution < -0.4 is 4.57 Å². The molecule has 0 atom stereocenters. The molecule has 4 aromatic heterocycles. The van der Waals surface area contributed by atoms with Gasteiger partial charge in [0.1, 0.15) is 12.1 Å². The van der Waals surface area contributed by atoms with Gasteiger partial charge in [0, 0.05) is 24.2 Å². The van der Waals surface area contributed by atoms with Gasteiger partial charge in [-0.2, -0.15) is 0 Å². The molecule has 5 rings (SSSR count). The predicted molar refractivity (Wildman–Crippen MR) is 78.6 cm³/mol. The average Bonchev–Trinajstić information content (AvgIpc) is 3.13. The Kier molecular flexibility index (Phi) is 1.39. The highest BCUT2D eigenvalue weighted by atomic mass is 32.1. The van der Waals surface area contributed by atoms with Crippen LogP contribution in [0.5, 0.6) is 0 Å². The standard InChI is InChI=1S/C15H11N4S/c1-18-13-12-11(3-2-5-17-12)20-15(13)19-8-9-7-16-6-4-10(9)14(18)19/h2-7H,8H2,1H3/q+1/i1D3. The number of aryl methyl sites for hydroxylation is 1. The van der Waals surface area contributed by atoms with Gasteiger partial charge in [-0.05, 0) is 18.2 Å². The number of thiophene rings is 1. The minimum Gasteiger partial charge on any atom is -0.264 e. The Morgan fingerprint density at radius 1 is 1.40 bits per heavy atom. The van der Waals surface area contributed by atoms with Gasteiger partial charge in [0.2, 0.25) is 10.3 Å². The number of pyridine rings is 2. The van der Waals surface area contributed by atoms with Crippen molar-refractivity contribution in [1.82, 2.24) is 14.5 Å². The van der Waals surface area contributed by atoms with Crippen LogP contribution >= 0.6 is 11.3 Å². The normalized spacial score (nSPS) is 15.9. The van der Waals surface area contributed by atoms with Crippen LogP contribution in [0, 0.1) is 0 Å². The largest absolute Gasteiger partial charge is 0.291 e. The molecular formula is C15H11N4S+. The molecule has 0 saturated heterocycles. The molecule has 5 heteroatoms. The lowest BCUT2D eigenvalue weighted by molar-refractivity contribution is -0.644. The summed E-state index contributed by atoms with van der Waals surface area (Å²) in [7, 11) is 0.